The number of anilines is 1. The van der Waals surface area contributed by atoms with E-state index < -0.39 is 18.6 Å². The molecule has 0 aliphatic rings. The molecule has 20 heavy (non-hydrogen) atoms. The van der Waals surface area contributed by atoms with Gasteiger partial charge in [0.25, 0.3) is 0 Å². The van der Waals surface area contributed by atoms with Crippen LogP contribution in [0, 0.1) is 0 Å². The summed E-state index contributed by atoms with van der Waals surface area (Å²) in [4.78, 5) is 30.4. The fourth-order valence-corrected chi connectivity index (χ4v) is 1.77. The Morgan fingerprint density at radius 1 is 1.35 bits per heavy atom. The summed E-state index contributed by atoms with van der Waals surface area (Å²) in [5, 5.41) is 12.1. The first kappa shape index (κ1) is 14.0. The number of carbonyl (C=O) groups excluding carboxylic acids is 1. The van der Waals surface area contributed by atoms with Crippen molar-refractivity contribution in [1.82, 2.24) is 10.5 Å². The summed E-state index contributed by atoms with van der Waals surface area (Å²) in [6, 6.07) is 6.01. The quantitative estimate of drug-likeness (QED) is 0.749. The Bertz CT molecular complexity index is 662. The Morgan fingerprint density at radius 3 is 2.90 bits per heavy atom. The van der Waals surface area contributed by atoms with E-state index in [1.54, 1.807) is 30.5 Å². The molecule has 0 saturated carbocycles. The molecule has 104 valence electrons. The minimum absolute atomic E-state index is 0.432. The fraction of sp³-hybridized carbons (Fsp3) is 0.0833. The molecule has 1 heterocycles. The van der Waals surface area contributed by atoms with Crippen LogP contribution in [0.25, 0.3) is 10.9 Å². The highest BCUT2D eigenvalue weighted by molar-refractivity contribution is 6.35. The number of fused-ring (bicyclic) bond motifs is 1. The predicted molar refractivity (Wildman–Crippen MR) is 72.5 cm³/mol. The van der Waals surface area contributed by atoms with Crippen LogP contribution in [0.5, 0.6) is 0 Å². The summed E-state index contributed by atoms with van der Waals surface area (Å²) in [6.07, 6.45) is 1.57. The van der Waals surface area contributed by atoms with Crippen LogP contribution in [0.4, 0.5) is 10.5 Å². The summed E-state index contributed by atoms with van der Waals surface area (Å²) in [7, 11) is 0. The monoisotopic (exact) mass is 295 g/mol. The number of halogens is 1. The highest BCUT2D eigenvalue weighted by Crippen LogP contribution is 2.27. The van der Waals surface area contributed by atoms with Crippen LogP contribution in [0.2, 0.25) is 5.02 Å². The molecule has 0 radical (unpaired) electrons. The number of nitrogens with one attached hydrogen (secondary N) is 2. The first-order valence-corrected chi connectivity index (χ1v) is 5.89. The number of rotatable bonds is 4. The molecule has 7 nitrogen and oxygen atoms in total. The predicted octanol–water partition coefficient (Wildman–Crippen LogP) is 2.03. The topological polar surface area (TPSA) is 101 Å². The highest BCUT2D eigenvalue weighted by Gasteiger charge is 2.09. The van der Waals surface area contributed by atoms with Crippen LogP contribution >= 0.6 is 11.6 Å². The van der Waals surface area contributed by atoms with E-state index in [0.717, 1.165) is 0 Å². The fourth-order valence-electron chi connectivity index (χ4n) is 1.55. The molecule has 0 bridgehead atoms. The van der Waals surface area contributed by atoms with E-state index in [-0.39, 0.29) is 0 Å². The van der Waals surface area contributed by atoms with E-state index >= 15 is 0 Å². The lowest BCUT2D eigenvalue weighted by molar-refractivity contribution is -0.143. The number of aromatic nitrogens is 1. The summed E-state index contributed by atoms with van der Waals surface area (Å²) in [6.45, 7) is -0.632. The normalized spacial score (nSPS) is 10.2. The van der Waals surface area contributed by atoms with E-state index in [4.69, 9.17) is 16.7 Å². The third kappa shape index (κ3) is 3.34. The van der Waals surface area contributed by atoms with Crippen molar-refractivity contribution < 1.29 is 19.5 Å². The molecule has 0 fully saturated rings. The SMILES string of the molecule is O=C(O)CONC(=O)Nc1ccc(Cl)c2cccnc12. The van der Waals surface area contributed by atoms with Gasteiger partial charge in [0, 0.05) is 11.6 Å². The molecular weight excluding hydrogens is 286 g/mol. The zero-order valence-electron chi connectivity index (χ0n) is 10.1. The number of nitrogens with zero attached hydrogens (tertiary/aromatic N) is 1. The van der Waals surface area contributed by atoms with Crippen LogP contribution in [0.3, 0.4) is 0 Å². The lowest BCUT2D eigenvalue weighted by Gasteiger charge is -2.09. The van der Waals surface area contributed by atoms with Gasteiger partial charge >= 0.3 is 12.0 Å². The third-order valence-corrected chi connectivity index (χ3v) is 2.65. The molecule has 0 spiro atoms. The van der Waals surface area contributed by atoms with Gasteiger partial charge in [-0.2, -0.15) is 0 Å². The van der Waals surface area contributed by atoms with E-state index in [2.05, 4.69) is 15.1 Å². The summed E-state index contributed by atoms with van der Waals surface area (Å²) >= 11 is 6.03. The van der Waals surface area contributed by atoms with Crippen molar-refractivity contribution in [1.29, 1.82) is 0 Å². The molecular formula is C12H10ClN3O4. The molecule has 0 saturated heterocycles. The van der Waals surface area contributed by atoms with Gasteiger partial charge in [0.2, 0.25) is 0 Å². The van der Waals surface area contributed by atoms with Gasteiger partial charge in [-0.3, -0.25) is 9.82 Å². The van der Waals surface area contributed by atoms with E-state index in [1.807, 2.05) is 5.48 Å². The maximum atomic E-state index is 11.5. The van der Waals surface area contributed by atoms with E-state index in [9.17, 15) is 9.59 Å². The Morgan fingerprint density at radius 2 is 2.15 bits per heavy atom. The second-order valence-electron chi connectivity index (χ2n) is 3.73. The Hall–Kier alpha value is -2.38. The maximum Gasteiger partial charge on any atom is 0.343 e. The molecule has 0 unspecified atom stereocenters. The van der Waals surface area contributed by atoms with Gasteiger partial charge in [0.05, 0.1) is 16.2 Å². The van der Waals surface area contributed by atoms with Gasteiger partial charge in [-0.15, -0.1) is 0 Å². The summed E-state index contributed by atoms with van der Waals surface area (Å²) in [5.41, 5.74) is 2.90. The molecule has 2 aromatic rings. The molecule has 0 atom stereocenters. The average Bonchev–Trinajstić information content (AvgIpc) is 2.42. The molecule has 8 heteroatoms. The summed E-state index contributed by atoms with van der Waals surface area (Å²) < 4.78 is 0. The van der Waals surface area contributed by atoms with Crippen molar-refractivity contribution in [2.75, 3.05) is 11.9 Å². The number of pyridine rings is 1. The number of hydrogen-bond donors (Lipinski definition) is 3. The molecule has 2 amide bonds. The minimum atomic E-state index is -1.19. The minimum Gasteiger partial charge on any atom is -0.479 e. The zero-order valence-corrected chi connectivity index (χ0v) is 10.8. The van der Waals surface area contributed by atoms with Crippen molar-refractivity contribution >= 4 is 40.2 Å². The molecule has 0 aliphatic heterocycles. The second-order valence-corrected chi connectivity index (χ2v) is 4.14. The number of amides is 2. The number of carbonyl (C=O) groups is 2. The summed E-state index contributed by atoms with van der Waals surface area (Å²) in [5.74, 6) is -1.19. The molecule has 2 rings (SSSR count). The van der Waals surface area contributed by atoms with Gasteiger partial charge in [-0.1, -0.05) is 11.6 Å². The number of carboxylic acids is 1. The van der Waals surface area contributed by atoms with Crippen molar-refractivity contribution in [2.24, 2.45) is 0 Å². The van der Waals surface area contributed by atoms with Crippen molar-refractivity contribution in [3.05, 3.63) is 35.5 Å². The van der Waals surface area contributed by atoms with Crippen molar-refractivity contribution in [3.8, 4) is 0 Å². The van der Waals surface area contributed by atoms with Gasteiger partial charge in [0.15, 0.2) is 6.61 Å². The second kappa shape index (κ2) is 6.18. The molecule has 1 aromatic carbocycles. The van der Waals surface area contributed by atoms with Gasteiger partial charge < -0.3 is 10.4 Å². The molecule has 1 aromatic heterocycles. The maximum absolute atomic E-state index is 11.5. The van der Waals surface area contributed by atoms with Gasteiger partial charge in [0.1, 0.15) is 0 Å². The number of aliphatic carboxylic acids is 1. The lowest BCUT2D eigenvalue weighted by atomic mass is 10.2. The Balaban J connectivity index is 2.12. The van der Waals surface area contributed by atoms with Crippen LogP contribution < -0.4 is 10.8 Å². The zero-order chi connectivity index (χ0) is 14.5. The molecule has 3 N–H and O–H groups in total. The van der Waals surface area contributed by atoms with Crippen molar-refractivity contribution in [3.63, 3.8) is 0 Å². The van der Waals surface area contributed by atoms with Gasteiger partial charge in [-0.05, 0) is 24.3 Å². The highest BCUT2D eigenvalue weighted by atomic mass is 35.5. The third-order valence-electron chi connectivity index (χ3n) is 2.33. The Kier molecular flexibility index (Phi) is 4.34. The first-order chi connectivity index (χ1) is 9.58. The first-order valence-electron chi connectivity index (χ1n) is 5.52. The average molecular weight is 296 g/mol. The smallest absolute Gasteiger partial charge is 0.343 e. The Labute approximate surface area is 118 Å². The number of urea groups is 1. The number of hydrogen-bond acceptors (Lipinski definition) is 4. The van der Waals surface area contributed by atoms with Crippen LogP contribution in [-0.4, -0.2) is 28.7 Å². The van der Waals surface area contributed by atoms with Gasteiger partial charge in [-0.25, -0.2) is 15.1 Å². The number of hydroxylamine groups is 1. The van der Waals surface area contributed by atoms with Crippen LogP contribution in [0.15, 0.2) is 30.5 Å². The largest absolute Gasteiger partial charge is 0.479 e. The van der Waals surface area contributed by atoms with Crippen molar-refractivity contribution in [2.45, 2.75) is 0 Å². The number of benzene rings is 1. The van der Waals surface area contributed by atoms with E-state index in [1.165, 1.54) is 0 Å². The van der Waals surface area contributed by atoms with E-state index in [0.29, 0.717) is 21.6 Å². The van der Waals surface area contributed by atoms with Crippen LogP contribution in [0.1, 0.15) is 0 Å². The standard InChI is InChI=1S/C12H10ClN3O4/c13-8-3-4-9(11-7(8)2-1-5-14-11)15-12(19)16-20-6-10(17)18/h1-5H,6H2,(H,17,18)(H2,15,16,19). The van der Waals surface area contributed by atoms with Crippen LogP contribution in [-0.2, 0) is 9.63 Å². The lowest BCUT2D eigenvalue weighted by Crippen LogP contribution is -2.30. The number of carboxylic acid groups (broad SMARTS) is 1. The molecule has 0 aliphatic carbocycles.